The number of aryl methyl sites for hydroxylation is 1. The van der Waals surface area contributed by atoms with E-state index in [1.54, 1.807) is 43.3 Å². The van der Waals surface area contributed by atoms with E-state index in [0.717, 1.165) is 10.5 Å². The number of imide groups is 2. The summed E-state index contributed by atoms with van der Waals surface area (Å²) >= 11 is 6.34. The summed E-state index contributed by atoms with van der Waals surface area (Å²) < 4.78 is 0. The van der Waals surface area contributed by atoms with Gasteiger partial charge in [0.2, 0.25) is 23.6 Å². The molecule has 9 nitrogen and oxygen atoms in total. The van der Waals surface area contributed by atoms with Gasteiger partial charge in [0.1, 0.15) is 5.75 Å². The number of carboxylic acids is 1. The molecule has 3 aromatic carbocycles. The molecule has 2 saturated heterocycles. The molecule has 2 heterocycles. The molecular formula is C36H31ClN2O7. The average Bonchev–Trinajstić information content (AvgIpc) is 3.42. The van der Waals surface area contributed by atoms with Crippen molar-refractivity contribution in [3.05, 3.63) is 106 Å². The van der Waals surface area contributed by atoms with Crippen LogP contribution in [0.15, 0.2) is 84.4 Å². The second kappa shape index (κ2) is 10.9. The number of allylic oxidation sites excluding steroid dienone is 2. The molecule has 6 unspecified atom stereocenters. The van der Waals surface area contributed by atoms with Crippen molar-refractivity contribution in [2.24, 2.45) is 23.7 Å². The number of carbonyl (C=O) groups is 5. The molecule has 4 aliphatic rings. The predicted octanol–water partition coefficient (Wildman–Crippen LogP) is 4.99. The number of fused-ring (bicyclic) bond motifs is 4. The number of hydrogen-bond donors (Lipinski definition) is 2. The summed E-state index contributed by atoms with van der Waals surface area (Å²) in [5.41, 5.74) is 1.66. The Balaban J connectivity index is 1.46. The molecule has 0 spiro atoms. The normalized spacial score (nSPS) is 28.6. The topological polar surface area (TPSA) is 132 Å². The van der Waals surface area contributed by atoms with E-state index in [4.69, 9.17) is 11.6 Å². The Hall–Kier alpha value is -4.76. The Bertz CT molecular complexity index is 1860. The van der Waals surface area contributed by atoms with Crippen molar-refractivity contribution in [2.75, 3.05) is 11.4 Å². The molecule has 2 N–H and O–H groups in total. The number of carbonyl (C=O) groups excluding carboxylic acids is 4. The van der Waals surface area contributed by atoms with E-state index in [1.165, 1.54) is 4.90 Å². The SMILES string of the molecule is Cc1cc(C2C3=CCC4C(=O)N(CCC(=O)O)C(=O)C4C3CC3C(=O)N(c4cccc(Cl)c4)C(=O)C32c2ccccc2)ccc1O. The van der Waals surface area contributed by atoms with Gasteiger partial charge in [-0.2, -0.15) is 0 Å². The number of amides is 4. The van der Waals surface area contributed by atoms with E-state index in [-0.39, 0.29) is 31.6 Å². The van der Waals surface area contributed by atoms with Crippen LogP contribution in [0.1, 0.15) is 41.9 Å². The van der Waals surface area contributed by atoms with Gasteiger partial charge < -0.3 is 10.2 Å². The molecule has 4 amide bonds. The van der Waals surface area contributed by atoms with Crippen LogP contribution in [0.25, 0.3) is 0 Å². The van der Waals surface area contributed by atoms with E-state index in [2.05, 4.69) is 0 Å². The smallest absolute Gasteiger partial charge is 0.305 e. The van der Waals surface area contributed by atoms with Gasteiger partial charge in [0.25, 0.3) is 0 Å². The summed E-state index contributed by atoms with van der Waals surface area (Å²) in [6, 6.07) is 20.9. The highest BCUT2D eigenvalue weighted by Crippen LogP contribution is 2.64. The monoisotopic (exact) mass is 638 g/mol. The summed E-state index contributed by atoms with van der Waals surface area (Å²) in [4.78, 5) is 70.8. The van der Waals surface area contributed by atoms with Gasteiger partial charge in [0.05, 0.1) is 35.3 Å². The average molecular weight is 639 g/mol. The van der Waals surface area contributed by atoms with Crippen LogP contribution in [-0.4, -0.2) is 51.3 Å². The zero-order valence-corrected chi connectivity index (χ0v) is 25.7. The number of phenolic OH excluding ortho intramolecular Hbond substituents is 1. The largest absolute Gasteiger partial charge is 0.508 e. The second-order valence-corrected chi connectivity index (χ2v) is 13.0. The molecule has 3 aromatic rings. The molecule has 0 aromatic heterocycles. The first-order chi connectivity index (χ1) is 22.0. The standard InChI is InChI=1S/C36H31ClN2O7/c1-19-16-20(10-13-28(19)40)31-24-11-12-25-30(34(45)38(32(25)43)15-14-29(41)42)26(24)18-27-33(44)39(23-9-5-8-22(37)17-23)35(46)36(27,31)21-6-3-2-4-7-21/h2-11,13,16-17,25-27,30-31,40H,12,14-15,18H2,1H3,(H,41,42). The number of rotatable bonds is 6. The number of halogens is 1. The van der Waals surface area contributed by atoms with Crippen molar-refractivity contribution in [3.63, 3.8) is 0 Å². The lowest BCUT2D eigenvalue weighted by Gasteiger charge is -2.50. The van der Waals surface area contributed by atoms with Gasteiger partial charge in [-0.1, -0.05) is 71.8 Å². The minimum absolute atomic E-state index is 0.0825. The molecule has 1 saturated carbocycles. The summed E-state index contributed by atoms with van der Waals surface area (Å²) in [6.45, 7) is 1.54. The lowest BCUT2D eigenvalue weighted by Crippen LogP contribution is -2.53. The van der Waals surface area contributed by atoms with E-state index in [1.807, 2.05) is 42.5 Å². The van der Waals surface area contributed by atoms with Crippen molar-refractivity contribution in [1.82, 2.24) is 4.90 Å². The van der Waals surface area contributed by atoms with Crippen molar-refractivity contribution >= 4 is 46.9 Å². The van der Waals surface area contributed by atoms with Crippen LogP contribution in [0.5, 0.6) is 5.75 Å². The molecule has 3 fully saturated rings. The second-order valence-electron chi connectivity index (χ2n) is 12.6. The fourth-order valence-corrected chi connectivity index (χ4v) is 8.65. The molecule has 10 heteroatoms. The van der Waals surface area contributed by atoms with E-state index in [9.17, 15) is 29.4 Å². The van der Waals surface area contributed by atoms with Crippen LogP contribution in [0.3, 0.4) is 0 Å². The van der Waals surface area contributed by atoms with Crippen molar-refractivity contribution in [3.8, 4) is 5.75 Å². The predicted molar refractivity (Wildman–Crippen MR) is 168 cm³/mol. The lowest BCUT2D eigenvalue weighted by molar-refractivity contribution is -0.142. The number of benzene rings is 3. The molecule has 0 radical (unpaired) electrons. The number of aliphatic carboxylic acids is 1. The van der Waals surface area contributed by atoms with Gasteiger partial charge in [-0.05, 0) is 66.6 Å². The Morgan fingerprint density at radius 3 is 2.39 bits per heavy atom. The molecular weight excluding hydrogens is 608 g/mol. The van der Waals surface area contributed by atoms with Crippen LogP contribution in [0.2, 0.25) is 5.02 Å². The molecule has 2 aliphatic heterocycles. The van der Waals surface area contributed by atoms with Crippen molar-refractivity contribution in [1.29, 1.82) is 0 Å². The summed E-state index contributed by atoms with van der Waals surface area (Å²) in [5.74, 6) is -6.35. The third-order valence-electron chi connectivity index (χ3n) is 10.4. The number of hydrogen-bond acceptors (Lipinski definition) is 6. The van der Waals surface area contributed by atoms with Gasteiger partial charge >= 0.3 is 5.97 Å². The zero-order valence-electron chi connectivity index (χ0n) is 24.9. The highest BCUT2D eigenvalue weighted by atomic mass is 35.5. The molecule has 7 rings (SSSR count). The fourth-order valence-electron chi connectivity index (χ4n) is 8.47. The molecule has 0 bridgehead atoms. The number of anilines is 1. The molecule has 6 atom stereocenters. The third kappa shape index (κ3) is 4.25. The third-order valence-corrected chi connectivity index (χ3v) is 10.6. The summed E-state index contributed by atoms with van der Waals surface area (Å²) in [7, 11) is 0. The minimum atomic E-state index is -1.41. The van der Waals surface area contributed by atoms with Gasteiger partial charge in [0, 0.05) is 17.5 Å². The summed E-state index contributed by atoms with van der Waals surface area (Å²) in [5, 5.41) is 20.1. The van der Waals surface area contributed by atoms with Crippen LogP contribution < -0.4 is 4.90 Å². The number of likely N-dealkylation sites (tertiary alicyclic amines) is 1. The zero-order chi connectivity index (χ0) is 32.5. The highest BCUT2D eigenvalue weighted by Gasteiger charge is 2.70. The van der Waals surface area contributed by atoms with Crippen LogP contribution in [0, 0.1) is 30.6 Å². The first kappa shape index (κ1) is 29.9. The quantitative estimate of drug-likeness (QED) is 0.287. The van der Waals surface area contributed by atoms with Crippen molar-refractivity contribution < 1.29 is 34.2 Å². The maximum atomic E-state index is 15.1. The van der Waals surface area contributed by atoms with Gasteiger partial charge in [0.15, 0.2) is 0 Å². The molecule has 234 valence electrons. The minimum Gasteiger partial charge on any atom is -0.508 e. The van der Waals surface area contributed by atoms with Gasteiger partial charge in [-0.25, -0.2) is 4.90 Å². The number of carboxylic acid groups (broad SMARTS) is 1. The Labute approximate surface area is 270 Å². The van der Waals surface area contributed by atoms with E-state index < -0.39 is 64.6 Å². The first-order valence-corrected chi connectivity index (χ1v) is 15.7. The van der Waals surface area contributed by atoms with Crippen molar-refractivity contribution in [2.45, 2.75) is 37.5 Å². The number of nitrogens with zero attached hydrogens (tertiary/aromatic N) is 2. The van der Waals surface area contributed by atoms with Gasteiger partial charge in [-0.15, -0.1) is 0 Å². The Kier molecular flexibility index (Phi) is 7.12. The number of phenols is 1. The molecule has 2 aliphatic carbocycles. The summed E-state index contributed by atoms with van der Waals surface area (Å²) in [6.07, 6.45) is 1.97. The highest BCUT2D eigenvalue weighted by molar-refractivity contribution is 6.32. The Morgan fingerprint density at radius 2 is 1.70 bits per heavy atom. The molecule has 46 heavy (non-hydrogen) atoms. The maximum absolute atomic E-state index is 15.1. The first-order valence-electron chi connectivity index (χ1n) is 15.3. The maximum Gasteiger partial charge on any atom is 0.305 e. The van der Waals surface area contributed by atoms with E-state index in [0.29, 0.717) is 27.4 Å². The van der Waals surface area contributed by atoms with Gasteiger partial charge in [-0.3, -0.25) is 28.9 Å². The fraction of sp³-hybridized carbons (Fsp3) is 0.306. The van der Waals surface area contributed by atoms with Crippen LogP contribution >= 0.6 is 11.6 Å². The Morgan fingerprint density at radius 1 is 0.935 bits per heavy atom. The van der Waals surface area contributed by atoms with Crippen LogP contribution in [-0.2, 0) is 29.4 Å². The van der Waals surface area contributed by atoms with E-state index >= 15 is 4.79 Å². The lowest BCUT2D eigenvalue weighted by atomic mass is 9.49. The number of aromatic hydroxyl groups is 1. The van der Waals surface area contributed by atoms with Crippen LogP contribution in [0.4, 0.5) is 5.69 Å².